The van der Waals surface area contributed by atoms with Crippen molar-refractivity contribution in [1.29, 1.82) is 0 Å². The molecule has 0 saturated carbocycles. The Hall–Kier alpha value is -2.97. The SMILES string of the molecule is C=CCn1c(COc2ccc(C(C)(C)C)cc2)nnc1SCC(=O)Nc1cc(Cl)ccc1OC. The maximum Gasteiger partial charge on any atom is 0.234 e. The average Bonchev–Trinajstić information content (AvgIpc) is 3.18. The van der Waals surface area contributed by atoms with Gasteiger partial charge in [0, 0.05) is 11.6 Å². The molecule has 1 amide bonds. The molecule has 0 unspecified atom stereocenters. The number of carbonyl (C=O) groups excluding carboxylic acids is 1. The number of hydrogen-bond acceptors (Lipinski definition) is 6. The highest BCUT2D eigenvalue weighted by atomic mass is 35.5. The number of nitrogens with one attached hydrogen (secondary N) is 1. The Morgan fingerprint density at radius 1 is 1.21 bits per heavy atom. The van der Waals surface area contributed by atoms with Crippen LogP contribution in [0.5, 0.6) is 11.5 Å². The van der Waals surface area contributed by atoms with E-state index in [1.165, 1.54) is 24.4 Å². The van der Waals surface area contributed by atoms with Crippen LogP contribution >= 0.6 is 23.4 Å². The molecule has 3 aromatic rings. The van der Waals surface area contributed by atoms with Gasteiger partial charge >= 0.3 is 0 Å². The summed E-state index contributed by atoms with van der Waals surface area (Å²) in [5.41, 5.74) is 1.83. The molecule has 0 spiro atoms. The van der Waals surface area contributed by atoms with Gasteiger partial charge in [0.1, 0.15) is 18.1 Å². The van der Waals surface area contributed by atoms with Gasteiger partial charge in [0.25, 0.3) is 0 Å². The minimum Gasteiger partial charge on any atom is -0.495 e. The topological polar surface area (TPSA) is 78.3 Å². The molecule has 0 radical (unpaired) electrons. The third-order valence-electron chi connectivity index (χ3n) is 4.96. The molecule has 180 valence electrons. The van der Waals surface area contributed by atoms with E-state index in [0.29, 0.717) is 34.0 Å². The largest absolute Gasteiger partial charge is 0.495 e. The van der Waals surface area contributed by atoms with Crippen molar-refractivity contribution in [3.05, 3.63) is 71.5 Å². The van der Waals surface area contributed by atoms with Crippen molar-refractivity contribution in [3.63, 3.8) is 0 Å². The Kier molecular flexibility index (Phi) is 8.63. The molecule has 34 heavy (non-hydrogen) atoms. The van der Waals surface area contributed by atoms with Crippen molar-refractivity contribution < 1.29 is 14.3 Å². The van der Waals surface area contributed by atoms with Crippen LogP contribution in [-0.2, 0) is 23.4 Å². The van der Waals surface area contributed by atoms with E-state index < -0.39 is 0 Å². The first-order valence-electron chi connectivity index (χ1n) is 10.7. The summed E-state index contributed by atoms with van der Waals surface area (Å²) >= 11 is 7.31. The zero-order valence-electron chi connectivity index (χ0n) is 19.8. The molecule has 0 aliphatic rings. The molecule has 0 aliphatic heterocycles. The number of nitrogens with zero attached hydrogens (tertiary/aromatic N) is 3. The molecule has 9 heteroatoms. The lowest BCUT2D eigenvalue weighted by Gasteiger charge is -2.19. The minimum absolute atomic E-state index is 0.0823. The van der Waals surface area contributed by atoms with E-state index >= 15 is 0 Å². The number of ether oxygens (including phenoxy) is 2. The fourth-order valence-electron chi connectivity index (χ4n) is 3.14. The number of allylic oxidation sites excluding steroid dienone is 1. The Bertz CT molecular complexity index is 1140. The molecule has 3 rings (SSSR count). The van der Waals surface area contributed by atoms with Gasteiger partial charge in [0.2, 0.25) is 5.91 Å². The molecule has 1 heterocycles. The number of thioether (sulfide) groups is 1. The third kappa shape index (κ3) is 6.77. The summed E-state index contributed by atoms with van der Waals surface area (Å²) in [7, 11) is 1.54. The monoisotopic (exact) mass is 500 g/mol. The Balaban J connectivity index is 1.63. The Labute approximate surface area is 209 Å². The van der Waals surface area contributed by atoms with Crippen molar-refractivity contribution in [2.75, 3.05) is 18.2 Å². The first-order valence-corrected chi connectivity index (χ1v) is 12.1. The molecule has 0 bridgehead atoms. The molecule has 2 aromatic carbocycles. The number of benzene rings is 2. The third-order valence-corrected chi connectivity index (χ3v) is 6.16. The van der Waals surface area contributed by atoms with E-state index in [1.54, 1.807) is 24.3 Å². The van der Waals surface area contributed by atoms with Gasteiger partial charge in [-0.05, 0) is 41.3 Å². The summed E-state index contributed by atoms with van der Waals surface area (Å²) in [5, 5.41) is 12.4. The van der Waals surface area contributed by atoms with E-state index in [-0.39, 0.29) is 23.7 Å². The Morgan fingerprint density at radius 3 is 2.59 bits per heavy atom. The summed E-state index contributed by atoms with van der Waals surface area (Å²) in [6.07, 6.45) is 1.76. The van der Waals surface area contributed by atoms with Crippen LogP contribution in [0, 0.1) is 0 Å². The van der Waals surface area contributed by atoms with Gasteiger partial charge in [0.15, 0.2) is 11.0 Å². The van der Waals surface area contributed by atoms with E-state index in [0.717, 1.165) is 5.75 Å². The van der Waals surface area contributed by atoms with Crippen LogP contribution in [0.25, 0.3) is 0 Å². The normalized spacial score (nSPS) is 11.2. The standard InChI is InChI=1S/C25H29ClN4O3S/c1-6-13-30-22(15-33-19-10-7-17(8-11-19)25(2,3)4)28-29-24(30)34-16-23(31)27-20-14-18(26)9-12-21(20)32-5/h6-12,14H,1,13,15-16H2,2-5H3,(H,27,31). The minimum atomic E-state index is -0.213. The summed E-state index contributed by atoms with van der Waals surface area (Å²) < 4.78 is 13.1. The fourth-order valence-corrected chi connectivity index (χ4v) is 4.08. The number of rotatable bonds is 10. The van der Waals surface area contributed by atoms with E-state index in [9.17, 15) is 4.79 Å². The summed E-state index contributed by atoms with van der Waals surface area (Å²) in [5.74, 6) is 1.87. The fraction of sp³-hybridized carbons (Fsp3) is 0.320. The molecule has 7 nitrogen and oxygen atoms in total. The second-order valence-corrected chi connectivity index (χ2v) is 9.92. The lowest BCUT2D eigenvalue weighted by molar-refractivity contribution is -0.113. The number of anilines is 1. The lowest BCUT2D eigenvalue weighted by Crippen LogP contribution is -2.15. The molecule has 0 aliphatic carbocycles. The maximum atomic E-state index is 12.5. The van der Waals surface area contributed by atoms with Crippen LogP contribution < -0.4 is 14.8 Å². The van der Waals surface area contributed by atoms with E-state index in [4.69, 9.17) is 21.1 Å². The van der Waals surface area contributed by atoms with E-state index in [2.05, 4.69) is 55.0 Å². The van der Waals surface area contributed by atoms with Crippen LogP contribution in [0.15, 0.2) is 60.3 Å². The number of hydrogen-bond donors (Lipinski definition) is 1. The first-order chi connectivity index (χ1) is 16.2. The molecule has 1 aromatic heterocycles. The highest BCUT2D eigenvalue weighted by Crippen LogP contribution is 2.28. The second kappa shape index (κ2) is 11.4. The second-order valence-electron chi connectivity index (χ2n) is 8.54. The van der Waals surface area contributed by atoms with Gasteiger partial charge in [-0.25, -0.2) is 0 Å². The van der Waals surface area contributed by atoms with Crippen LogP contribution in [0.3, 0.4) is 0 Å². The molecular formula is C25H29ClN4O3S. The van der Waals surface area contributed by atoms with Crippen molar-refractivity contribution in [3.8, 4) is 11.5 Å². The smallest absolute Gasteiger partial charge is 0.234 e. The number of carbonyl (C=O) groups is 1. The van der Waals surface area contributed by atoms with Crippen molar-refractivity contribution >= 4 is 35.0 Å². The number of halogens is 1. The molecule has 0 atom stereocenters. The van der Waals surface area contributed by atoms with Crippen LogP contribution in [-0.4, -0.2) is 33.5 Å². The van der Waals surface area contributed by atoms with Gasteiger partial charge < -0.3 is 14.8 Å². The molecule has 0 fully saturated rings. The van der Waals surface area contributed by atoms with Crippen molar-refractivity contribution in [2.45, 2.75) is 44.5 Å². The summed E-state index contributed by atoms with van der Waals surface area (Å²) in [6.45, 7) is 11.1. The van der Waals surface area contributed by atoms with Crippen molar-refractivity contribution in [2.24, 2.45) is 0 Å². The van der Waals surface area contributed by atoms with Gasteiger partial charge in [-0.15, -0.1) is 16.8 Å². The maximum absolute atomic E-state index is 12.5. The number of aromatic nitrogens is 3. The van der Waals surface area contributed by atoms with Gasteiger partial charge in [-0.3, -0.25) is 9.36 Å². The highest BCUT2D eigenvalue weighted by Gasteiger charge is 2.16. The average molecular weight is 501 g/mol. The molecule has 0 saturated heterocycles. The summed E-state index contributed by atoms with van der Waals surface area (Å²) in [6, 6.07) is 13.1. The van der Waals surface area contributed by atoms with Crippen molar-refractivity contribution in [1.82, 2.24) is 14.8 Å². The van der Waals surface area contributed by atoms with Crippen LogP contribution in [0.2, 0.25) is 5.02 Å². The predicted octanol–water partition coefficient (Wildman–Crippen LogP) is 5.73. The summed E-state index contributed by atoms with van der Waals surface area (Å²) in [4.78, 5) is 12.5. The van der Waals surface area contributed by atoms with Crippen LogP contribution in [0.4, 0.5) is 5.69 Å². The number of amides is 1. The zero-order valence-corrected chi connectivity index (χ0v) is 21.4. The van der Waals surface area contributed by atoms with Gasteiger partial charge in [-0.1, -0.05) is 62.3 Å². The molecular weight excluding hydrogens is 472 g/mol. The van der Waals surface area contributed by atoms with Gasteiger partial charge in [0.05, 0.1) is 18.6 Å². The zero-order chi connectivity index (χ0) is 24.7. The van der Waals surface area contributed by atoms with Gasteiger partial charge in [-0.2, -0.15) is 0 Å². The van der Waals surface area contributed by atoms with Crippen LogP contribution in [0.1, 0.15) is 32.2 Å². The first kappa shape index (κ1) is 25.6. The molecule has 1 N–H and O–H groups in total. The lowest BCUT2D eigenvalue weighted by atomic mass is 9.87. The highest BCUT2D eigenvalue weighted by molar-refractivity contribution is 7.99. The van der Waals surface area contributed by atoms with E-state index in [1.807, 2.05) is 16.7 Å². The quantitative estimate of drug-likeness (QED) is 0.283. The predicted molar refractivity (Wildman–Crippen MR) is 137 cm³/mol. The Morgan fingerprint density at radius 2 is 1.94 bits per heavy atom. The number of methoxy groups -OCH3 is 1.